The Morgan fingerprint density at radius 1 is 0.980 bits per heavy atom. The lowest BCUT2D eigenvalue weighted by molar-refractivity contribution is -0.145. The standard InChI is InChI=1S/C39H58N4O8/c1-11-12-16-25(33(47)27(44)19-20-29(46)40-31(35(48)42(9)10)24-17-14-13-15-18-24)21-28(45)32-30-26(39(30,7)8)22-43(32)36(49)34(38(4,5)6)41-37(50)51-23(2)3/h13-15,17-18,23,25-26,30-32,34H,11-12,16,19-22H2,1-10H3,(H,40,46)(H,41,50)/t25?,26?,30?,31-,32+,34+/m0/s1. The van der Waals surface area contributed by atoms with E-state index in [-0.39, 0.29) is 60.2 Å². The summed E-state index contributed by atoms with van der Waals surface area (Å²) < 4.78 is 5.26. The molecule has 3 rings (SSSR count). The molecule has 0 bridgehead atoms. The highest BCUT2D eigenvalue weighted by molar-refractivity contribution is 6.38. The number of benzene rings is 1. The van der Waals surface area contributed by atoms with E-state index in [9.17, 15) is 33.6 Å². The minimum atomic E-state index is -0.959. The normalized spacial score (nSPS) is 20.8. The number of carbonyl (C=O) groups is 7. The Bertz CT molecular complexity index is 1460. The Labute approximate surface area is 302 Å². The van der Waals surface area contributed by atoms with Crippen LogP contribution in [0.4, 0.5) is 4.79 Å². The zero-order valence-corrected chi connectivity index (χ0v) is 32.0. The van der Waals surface area contributed by atoms with E-state index in [0.717, 1.165) is 6.42 Å². The molecule has 4 amide bonds. The minimum absolute atomic E-state index is 0.0858. The molecule has 2 aliphatic rings. The first-order valence-electron chi connectivity index (χ1n) is 18.1. The van der Waals surface area contributed by atoms with Gasteiger partial charge in [-0.15, -0.1) is 0 Å². The summed E-state index contributed by atoms with van der Waals surface area (Å²) in [5.41, 5.74) is -0.288. The van der Waals surface area contributed by atoms with E-state index in [2.05, 4.69) is 24.5 Å². The molecule has 1 aliphatic heterocycles. The van der Waals surface area contributed by atoms with E-state index >= 15 is 0 Å². The fourth-order valence-electron chi connectivity index (χ4n) is 7.21. The van der Waals surface area contributed by atoms with Crippen LogP contribution in [0.5, 0.6) is 0 Å². The van der Waals surface area contributed by atoms with E-state index in [1.165, 1.54) is 4.90 Å². The van der Waals surface area contributed by atoms with Crippen LogP contribution in [0.25, 0.3) is 0 Å². The van der Waals surface area contributed by atoms with Gasteiger partial charge in [0.05, 0.1) is 12.1 Å². The molecular weight excluding hydrogens is 652 g/mol. The Hall–Kier alpha value is -4.09. The molecule has 1 aromatic rings. The maximum Gasteiger partial charge on any atom is 0.408 e. The number of nitrogens with one attached hydrogen (secondary N) is 2. The largest absolute Gasteiger partial charge is 0.447 e. The van der Waals surface area contributed by atoms with Crippen molar-refractivity contribution in [3.8, 4) is 0 Å². The van der Waals surface area contributed by atoms with E-state index < -0.39 is 53.0 Å². The number of unbranched alkanes of at least 4 members (excludes halogenated alkanes) is 1. The third kappa shape index (κ3) is 10.3. The van der Waals surface area contributed by atoms with Gasteiger partial charge in [-0.25, -0.2) is 4.79 Å². The number of hydrogen-bond donors (Lipinski definition) is 2. The number of alkyl carbamates (subject to hydrolysis) is 1. The van der Waals surface area contributed by atoms with E-state index in [1.807, 2.05) is 27.7 Å². The van der Waals surface area contributed by atoms with Gasteiger partial charge in [0, 0.05) is 45.8 Å². The average molecular weight is 711 g/mol. The highest BCUT2D eigenvalue weighted by atomic mass is 16.6. The number of ether oxygens (including phenoxy) is 1. The Kier molecular flexibility index (Phi) is 13.7. The van der Waals surface area contributed by atoms with Crippen molar-refractivity contribution in [1.82, 2.24) is 20.4 Å². The summed E-state index contributed by atoms with van der Waals surface area (Å²) in [5, 5.41) is 5.41. The number of carbonyl (C=O) groups excluding carboxylic acids is 7. The summed E-state index contributed by atoms with van der Waals surface area (Å²) >= 11 is 0. The van der Waals surface area contributed by atoms with Crippen molar-refractivity contribution in [2.45, 2.75) is 118 Å². The quantitative estimate of drug-likeness (QED) is 0.221. The van der Waals surface area contributed by atoms with Crippen molar-refractivity contribution in [2.75, 3.05) is 20.6 Å². The third-order valence-corrected chi connectivity index (χ3v) is 10.2. The summed E-state index contributed by atoms with van der Waals surface area (Å²) in [7, 11) is 3.16. The van der Waals surface area contributed by atoms with E-state index in [1.54, 1.807) is 63.2 Å². The van der Waals surface area contributed by atoms with Crippen LogP contribution >= 0.6 is 0 Å². The molecule has 1 aromatic carbocycles. The third-order valence-electron chi connectivity index (χ3n) is 10.2. The molecule has 1 heterocycles. The molecule has 12 heteroatoms. The molecule has 1 saturated carbocycles. The first-order chi connectivity index (χ1) is 23.7. The molecule has 0 radical (unpaired) electrons. The molecule has 0 aromatic heterocycles. The van der Waals surface area contributed by atoms with Crippen LogP contribution in [0.1, 0.15) is 106 Å². The second kappa shape index (κ2) is 17.0. The summed E-state index contributed by atoms with van der Waals surface area (Å²) in [6.45, 7) is 15.3. The summed E-state index contributed by atoms with van der Waals surface area (Å²) in [4.78, 5) is 96.5. The van der Waals surface area contributed by atoms with Crippen LogP contribution in [0.15, 0.2) is 30.3 Å². The lowest BCUT2D eigenvalue weighted by Gasteiger charge is -2.37. The number of fused-ring (bicyclic) bond motifs is 1. The monoisotopic (exact) mass is 710 g/mol. The van der Waals surface area contributed by atoms with Gasteiger partial charge < -0.3 is 25.2 Å². The molecule has 1 aliphatic carbocycles. The second-order valence-electron chi connectivity index (χ2n) is 16.2. The summed E-state index contributed by atoms with van der Waals surface area (Å²) in [5.74, 6) is -3.94. The first kappa shape index (κ1) is 41.3. The Balaban J connectivity index is 1.75. The Morgan fingerprint density at radius 2 is 1.61 bits per heavy atom. The molecule has 0 spiro atoms. The lowest BCUT2D eigenvalue weighted by atomic mass is 9.83. The molecule has 51 heavy (non-hydrogen) atoms. The number of hydrogen-bond acceptors (Lipinski definition) is 8. The second-order valence-corrected chi connectivity index (χ2v) is 16.2. The van der Waals surface area contributed by atoms with E-state index in [4.69, 9.17) is 4.74 Å². The van der Waals surface area contributed by atoms with Gasteiger partial charge >= 0.3 is 6.09 Å². The number of likely N-dealkylation sites (tertiary alicyclic amines) is 1. The predicted octanol–water partition coefficient (Wildman–Crippen LogP) is 4.65. The lowest BCUT2D eigenvalue weighted by Crippen LogP contribution is -2.58. The van der Waals surface area contributed by atoms with Gasteiger partial charge in [-0.05, 0) is 48.5 Å². The van der Waals surface area contributed by atoms with Crippen LogP contribution in [-0.2, 0) is 33.5 Å². The fraction of sp³-hybridized carbons (Fsp3) is 0.667. The van der Waals surface area contributed by atoms with Gasteiger partial charge in [-0.2, -0.15) is 0 Å². The number of rotatable bonds is 17. The zero-order chi connectivity index (χ0) is 38.4. The number of nitrogens with zero attached hydrogens (tertiary/aromatic N) is 2. The topological polar surface area (TPSA) is 159 Å². The van der Waals surface area contributed by atoms with Gasteiger partial charge in [0.1, 0.15) is 12.1 Å². The van der Waals surface area contributed by atoms with Gasteiger partial charge in [0.25, 0.3) is 0 Å². The van der Waals surface area contributed by atoms with Crippen molar-refractivity contribution in [3.05, 3.63) is 35.9 Å². The number of amides is 4. The maximum absolute atomic E-state index is 14.2. The van der Waals surface area contributed by atoms with Crippen molar-refractivity contribution >= 4 is 41.2 Å². The van der Waals surface area contributed by atoms with Gasteiger partial charge in [-0.3, -0.25) is 28.8 Å². The van der Waals surface area contributed by atoms with Crippen molar-refractivity contribution in [1.29, 1.82) is 0 Å². The molecule has 3 unspecified atom stereocenters. The molecule has 1 saturated heterocycles. The van der Waals surface area contributed by atoms with Crippen LogP contribution in [-0.4, -0.2) is 89.8 Å². The van der Waals surface area contributed by atoms with Crippen molar-refractivity contribution < 1.29 is 38.3 Å². The van der Waals surface area contributed by atoms with Crippen LogP contribution in [0.3, 0.4) is 0 Å². The smallest absolute Gasteiger partial charge is 0.408 e. The molecule has 2 fully saturated rings. The van der Waals surface area contributed by atoms with Crippen LogP contribution in [0, 0.1) is 28.6 Å². The molecular formula is C39H58N4O8. The zero-order valence-electron chi connectivity index (χ0n) is 32.0. The predicted molar refractivity (Wildman–Crippen MR) is 192 cm³/mol. The van der Waals surface area contributed by atoms with Crippen LogP contribution in [0.2, 0.25) is 0 Å². The number of piperidine rings is 1. The summed E-state index contributed by atoms with van der Waals surface area (Å²) in [6.07, 6.45) is -0.304. The van der Waals surface area contributed by atoms with Crippen molar-refractivity contribution in [3.63, 3.8) is 0 Å². The molecule has 12 nitrogen and oxygen atoms in total. The van der Waals surface area contributed by atoms with Crippen molar-refractivity contribution in [2.24, 2.45) is 28.6 Å². The minimum Gasteiger partial charge on any atom is -0.447 e. The van der Waals surface area contributed by atoms with E-state index in [0.29, 0.717) is 24.9 Å². The highest BCUT2D eigenvalue weighted by Crippen LogP contribution is 2.65. The maximum atomic E-state index is 14.2. The molecule has 2 N–H and O–H groups in total. The number of ketones is 3. The van der Waals surface area contributed by atoms with Crippen LogP contribution < -0.4 is 10.6 Å². The van der Waals surface area contributed by atoms with Gasteiger partial charge in [-0.1, -0.05) is 84.7 Å². The summed E-state index contributed by atoms with van der Waals surface area (Å²) in [6, 6.07) is 6.05. The number of likely N-dealkylation sites (N-methyl/N-ethyl adjacent to an activating group) is 1. The molecule has 282 valence electrons. The Morgan fingerprint density at radius 3 is 2.16 bits per heavy atom. The highest BCUT2D eigenvalue weighted by Gasteiger charge is 2.69. The average Bonchev–Trinajstić information content (AvgIpc) is 3.36. The SMILES string of the molecule is CCCCC(CC(=O)[C@@H]1C2C(CN1C(=O)[C@@H](NC(=O)OC(C)C)C(C)(C)C)C2(C)C)C(=O)C(=O)CCC(=O)N[C@H](C(=O)N(C)C)c1ccccc1. The van der Waals surface area contributed by atoms with Gasteiger partial charge in [0.2, 0.25) is 23.5 Å². The first-order valence-corrected chi connectivity index (χ1v) is 18.1. The fourth-order valence-corrected chi connectivity index (χ4v) is 7.21. The molecule has 6 atom stereocenters. The van der Waals surface area contributed by atoms with Gasteiger partial charge in [0.15, 0.2) is 11.6 Å². The number of Topliss-reactive ketones (excluding diaryl/α,β-unsaturated/α-hetero) is 3.